The Morgan fingerprint density at radius 3 is 2.71 bits per heavy atom. The lowest BCUT2D eigenvalue weighted by molar-refractivity contribution is -0.117. The summed E-state index contributed by atoms with van der Waals surface area (Å²) in [6.07, 6.45) is 1.43. The van der Waals surface area contributed by atoms with Crippen LogP contribution >= 0.6 is 0 Å². The number of rotatable bonds is 4. The number of aromatic nitrogens is 2. The van der Waals surface area contributed by atoms with Crippen LogP contribution in [0, 0.1) is 0 Å². The van der Waals surface area contributed by atoms with Crippen LogP contribution in [-0.4, -0.2) is 26.7 Å². The number of benzene rings is 1. The third-order valence-corrected chi connectivity index (χ3v) is 3.26. The molecule has 0 fully saturated rings. The maximum Gasteiger partial charge on any atom is 0.232 e. The van der Waals surface area contributed by atoms with E-state index in [1.807, 2.05) is 37.3 Å². The molecule has 2 rings (SSSR count). The second kappa shape index (κ2) is 6.08. The van der Waals surface area contributed by atoms with Crippen molar-refractivity contribution in [2.24, 2.45) is 17.9 Å². The molecule has 0 aliphatic heterocycles. The minimum Gasteiger partial charge on any atom is -0.409 e. The van der Waals surface area contributed by atoms with Gasteiger partial charge in [0.25, 0.3) is 0 Å². The van der Waals surface area contributed by atoms with E-state index in [0.717, 1.165) is 5.56 Å². The quantitative estimate of drug-likeness (QED) is 0.340. The summed E-state index contributed by atoms with van der Waals surface area (Å²) >= 11 is 0. The molecule has 2 aromatic rings. The molecule has 1 heterocycles. The summed E-state index contributed by atoms with van der Waals surface area (Å²) < 4.78 is 1.46. The zero-order valence-electron chi connectivity index (χ0n) is 11.8. The zero-order chi connectivity index (χ0) is 15.4. The van der Waals surface area contributed by atoms with Crippen LogP contribution in [0.5, 0.6) is 0 Å². The SMILES string of the molecule is CC(C(=O)Nc1c(/C(N)=N/O)cnn1C)c1ccccc1. The molecule has 7 nitrogen and oxygen atoms in total. The summed E-state index contributed by atoms with van der Waals surface area (Å²) in [7, 11) is 1.66. The van der Waals surface area contributed by atoms with Gasteiger partial charge in [0.05, 0.1) is 17.7 Å². The van der Waals surface area contributed by atoms with Gasteiger partial charge in [0.2, 0.25) is 5.91 Å². The van der Waals surface area contributed by atoms with E-state index in [-0.39, 0.29) is 17.7 Å². The number of hydrogen-bond acceptors (Lipinski definition) is 4. The van der Waals surface area contributed by atoms with Crippen LogP contribution in [0.1, 0.15) is 24.0 Å². The highest BCUT2D eigenvalue weighted by Crippen LogP contribution is 2.19. The fraction of sp³-hybridized carbons (Fsp3) is 0.214. The average Bonchev–Trinajstić information content (AvgIpc) is 2.87. The minimum absolute atomic E-state index is 0.106. The fourth-order valence-corrected chi connectivity index (χ4v) is 1.95. The molecule has 0 aliphatic rings. The summed E-state index contributed by atoms with van der Waals surface area (Å²) in [5, 5.41) is 18.5. The minimum atomic E-state index is -0.332. The third-order valence-electron chi connectivity index (χ3n) is 3.26. The van der Waals surface area contributed by atoms with Gasteiger partial charge in [-0.1, -0.05) is 35.5 Å². The summed E-state index contributed by atoms with van der Waals surface area (Å²) in [4.78, 5) is 12.3. The van der Waals surface area contributed by atoms with Gasteiger partial charge in [-0.25, -0.2) is 0 Å². The van der Waals surface area contributed by atoms with E-state index >= 15 is 0 Å². The van der Waals surface area contributed by atoms with Crippen LogP contribution in [0.25, 0.3) is 0 Å². The summed E-state index contributed by atoms with van der Waals surface area (Å²) in [5.74, 6) is -0.248. The second-order valence-electron chi connectivity index (χ2n) is 4.64. The first-order chi connectivity index (χ1) is 10.0. The molecule has 21 heavy (non-hydrogen) atoms. The molecule has 7 heteroatoms. The number of nitrogens with one attached hydrogen (secondary N) is 1. The van der Waals surface area contributed by atoms with Gasteiger partial charge in [0.15, 0.2) is 5.84 Å². The number of carbonyl (C=O) groups is 1. The van der Waals surface area contributed by atoms with Crippen molar-refractivity contribution >= 4 is 17.6 Å². The number of oxime groups is 1. The van der Waals surface area contributed by atoms with E-state index in [2.05, 4.69) is 15.6 Å². The molecule has 4 N–H and O–H groups in total. The number of nitrogens with zero attached hydrogens (tertiary/aromatic N) is 3. The Morgan fingerprint density at radius 2 is 2.10 bits per heavy atom. The molecule has 0 radical (unpaired) electrons. The van der Waals surface area contributed by atoms with Crippen LogP contribution in [0.2, 0.25) is 0 Å². The van der Waals surface area contributed by atoms with Gasteiger partial charge in [-0.05, 0) is 12.5 Å². The van der Waals surface area contributed by atoms with Crippen LogP contribution in [0.3, 0.4) is 0 Å². The zero-order valence-corrected chi connectivity index (χ0v) is 11.8. The molecular weight excluding hydrogens is 270 g/mol. The predicted molar refractivity (Wildman–Crippen MR) is 79.2 cm³/mol. The molecule has 0 spiro atoms. The van der Waals surface area contributed by atoms with E-state index in [0.29, 0.717) is 11.4 Å². The molecular formula is C14H17N5O2. The Bertz CT molecular complexity index is 663. The first kappa shape index (κ1) is 14.6. The molecule has 1 amide bonds. The third kappa shape index (κ3) is 3.02. The van der Waals surface area contributed by atoms with Crippen molar-refractivity contribution in [3.05, 3.63) is 47.7 Å². The lowest BCUT2D eigenvalue weighted by Gasteiger charge is -2.13. The molecule has 0 bridgehead atoms. The standard InChI is InChI=1S/C14H17N5O2/c1-9(10-6-4-3-5-7-10)14(20)17-13-11(12(15)18-21)8-16-19(13)2/h3-9,21H,1-2H3,(H2,15,18)(H,17,20). The van der Waals surface area contributed by atoms with Gasteiger partial charge < -0.3 is 16.3 Å². The summed E-state index contributed by atoms with van der Waals surface area (Å²) in [6.45, 7) is 1.81. The first-order valence-corrected chi connectivity index (χ1v) is 6.40. The van der Waals surface area contributed by atoms with Gasteiger partial charge in [-0.2, -0.15) is 5.10 Å². The van der Waals surface area contributed by atoms with E-state index in [9.17, 15) is 4.79 Å². The van der Waals surface area contributed by atoms with Gasteiger partial charge in [0.1, 0.15) is 5.82 Å². The first-order valence-electron chi connectivity index (χ1n) is 6.40. The highest BCUT2D eigenvalue weighted by Gasteiger charge is 2.20. The Hall–Kier alpha value is -2.83. The number of hydrogen-bond donors (Lipinski definition) is 3. The Labute approximate surface area is 122 Å². The predicted octanol–water partition coefficient (Wildman–Crippen LogP) is 1.26. The summed E-state index contributed by atoms with van der Waals surface area (Å²) in [5.41, 5.74) is 6.84. The molecule has 0 aliphatic carbocycles. The maximum atomic E-state index is 12.3. The monoisotopic (exact) mass is 287 g/mol. The smallest absolute Gasteiger partial charge is 0.232 e. The average molecular weight is 287 g/mol. The molecule has 0 saturated heterocycles. The van der Waals surface area contributed by atoms with Gasteiger partial charge in [-0.3, -0.25) is 9.48 Å². The van der Waals surface area contributed by atoms with Crippen molar-refractivity contribution in [2.45, 2.75) is 12.8 Å². The Kier molecular flexibility index (Phi) is 4.22. The highest BCUT2D eigenvalue weighted by molar-refractivity contribution is 6.05. The van der Waals surface area contributed by atoms with E-state index < -0.39 is 0 Å². The normalized spacial score (nSPS) is 13.0. The van der Waals surface area contributed by atoms with E-state index in [1.165, 1.54) is 10.9 Å². The second-order valence-corrected chi connectivity index (χ2v) is 4.64. The van der Waals surface area contributed by atoms with Crippen molar-refractivity contribution in [3.63, 3.8) is 0 Å². The highest BCUT2D eigenvalue weighted by atomic mass is 16.4. The fourth-order valence-electron chi connectivity index (χ4n) is 1.95. The number of amides is 1. The van der Waals surface area contributed by atoms with Crippen molar-refractivity contribution in [1.29, 1.82) is 0 Å². The van der Waals surface area contributed by atoms with E-state index in [1.54, 1.807) is 7.05 Å². The van der Waals surface area contributed by atoms with Gasteiger partial charge in [-0.15, -0.1) is 0 Å². The molecule has 0 saturated carbocycles. The Balaban J connectivity index is 2.23. The van der Waals surface area contributed by atoms with Crippen molar-refractivity contribution in [3.8, 4) is 0 Å². The molecule has 1 atom stereocenters. The summed E-state index contributed by atoms with van der Waals surface area (Å²) in [6, 6.07) is 9.43. The molecule has 1 aromatic carbocycles. The lowest BCUT2D eigenvalue weighted by Crippen LogP contribution is -2.23. The maximum absolute atomic E-state index is 12.3. The number of nitrogens with two attached hydrogens (primary N) is 1. The molecule has 1 unspecified atom stereocenters. The van der Waals surface area contributed by atoms with Crippen molar-refractivity contribution in [2.75, 3.05) is 5.32 Å². The Morgan fingerprint density at radius 1 is 1.43 bits per heavy atom. The van der Waals surface area contributed by atoms with Crippen molar-refractivity contribution < 1.29 is 10.0 Å². The van der Waals surface area contributed by atoms with Crippen LogP contribution in [0.15, 0.2) is 41.7 Å². The topological polar surface area (TPSA) is 106 Å². The van der Waals surface area contributed by atoms with Crippen LogP contribution < -0.4 is 11.1 Å². The van der Waals surface area contributed by atoms with Crippen LogP contribution in [0.4, 0.5) is 5.82 Å². The van der Waals surface area contributed by atoms with Gasteiger partial charge in [0, 0.05) is 7.05 Å². The van der Waals surface area contributed by atoms with Gasteiger partial charge >= 0.3 is 0 Å². The lowest BCUT2D eigenvalue weighted by atomic mass is 10.0. The molecule has 110 valence electrons. The number of carbonyl (C=O) groups excluding carboxylic acids is 1. The van der Waals surface area contributed by atoms with Crippen LogP contribution in [-0.2, 0) is 11.8 Å². The number of amidine groups is 1. The van der Waals surface area contributed by atoms with E-state index in [4.69, 9.17) is 10.9 Å². The molecule has 1 aromatic heterocycles. The van der Waals surface area contributed by atoms with Crippen molar-refractivity contribution in [1.82, 2.24) is 9.78 Å². The number of aryl methyl sites for hydroxylation is 1. The number of anilines is 1. The largest absolute Gasteiger partial charge is 0.409 e.